The van der Waals surface area contributed by atoms with Crippen molar-refractivity contribution in [3.05, 3.63) is 0 Å². The summed E-state index contributed by atoms with van der Waals surface area (Å²) in [5.74, 6) is 1.78. The first-order valence-electron chi connectivity index (χ1n) is 4.12. The third-order valence-corrected chi connectivity index (χ3v) is 2.71. The van der Waals surface area contributed by atoms with Gasteiger partial charge in [-0.1, -0.05) is 0 Å². The molecular weight excluding hydrogens is 126 g/mol. The van der Waals surface area contributed by atoms with Crippen molar-refractivity contribution in [3.63, 3.8) is 0 Å². The molecule has 0 aromatic rings. The van der Waals surface area contributed by atoms with Crippen LogP contribution in [0.25, 0.3) is 0 Å². The van der Waals surface area contributed by atoms with Crippen LogP contribution in [0.1, 0.15) is 12.8 Å². The van der Waals surface area contributed by atoms with E-state index in [1.807, 2.05) is 0 Å². The first kappa shape index (κ1) is 6.62. The number of likely N-dealkylation sites (tertiary alicyclic amines) is 1. The molecule has 0 bridgehead atoms. The molecular formula is C8H15NO. The highest BCUT2D eigenvalue weighted by molar-refractivity contribution is 4.92. The number of fused-ring (bicyclic) bond motifs is 1. The Bertz CT molecular complexity index is 119. The van der Waals surface area contributed by atoms with Crippen LogP contribution in [0, 0.1) is 11.8 Å². The van der Waals surface area contributed by atoms with E-state index in [2.05, 4.69) is 11.9 Å². The van der Waals surface area contributed by atoms with E-state index >= 15 is 0 Å². The van der Waals surface area contributed by atoms with Gasteiger partial charge in [0.2, 0.25) is 0 Å². The van der Waals surface area contributed by atoms with Gasteiger partial charge in [-0.05, 0) is 31.7 Å². The molecule has 2 rings (SSSR count). The third-order valence-electron chi connectivity index (χ3n) is 2.71. The lowest BCUT2D eigenvalue weighted by Crippen LogP contribution is -2.28. The number of hydrogen-bond donors (Lipinski definition) is 1. The molecule has 2 fully saturated rings. The molecule has 0 aromatic carbocycles. The van der Waals surface area contributed by atoms with Gasteiger partial charge in [0.05, 0.1) is 6.10 Å². The Morgan fingerprint density at radius 2 is 2.00 bits per heavy atom. The van der Waals surface area contributed by atoms with Gasteiger partial charge in [0.25, 0.3) is 0 Å². The second-order valence-electron chi connectivity index (χ2n) is 3.87. The summed E-state index contributed by atoms with van der Waals surface area (Å²) in [6.45, 7) is 2.09. The Morgan fingerprint density at radius 1 is 1.20 bits per heavy atom. The second kappa shape index (κ2) is 2.21. The van der Waals surface area contributed by atoms with E-state index in [9.17, 15) is 5.11 Å². The van der Waals surface area contributed by atoms with Crippen LogP contribution in [0.4, 0.5) is 0 Å². The molecule has 1 aliphatic carbocycles. The van der Waals surface area contributed by atoms with Crippen molar-refractivity contribution in [1.29, 1.82) is 0 Å². The number of rotatable bonds is 0. The zero-order chi connectivity index (χ0) is 7.14. The number of hydrogen-bond acceptors (Lipinski definition) is 2. The van der Waals surface area contributed by atoms with Crippen LogP contribution < -0.4 is 0 Å². The lowest BCUT2D eigenvalue weighted by atomic mass is 10.2. The van der Waals surface area contributed by atoms with Gasteiger partial charge in [0.15, 0.2) is 0 Å². The average Bonchev–Trinajstić information content (AvgIpc) is 2.43. The minimum Gasteiger partial charge on any atom is -0.392 e. The summed E-state index contributed by atoms with van der Waals surface area (Å²) in [5, 5.41) is 9.41. The molecule has 1 aliphatic heterocycles. The smallest absolute Gasteiger partial charge is 0.0669 e. The summed E-state index contributed by atoms with van der Waals surface area (Å²) in [6.07, 6.45) is 2.36. The van der Waals surface area contributed by atoms with Crippen LogP contribution in [0.2, 0.25) is 0 Å². The van der Waals surface area contributed by atoms with E-state index in [1.165, 1.54) is 13.0 Å². The van der Waals surface area contributed by atoms with E-state index < -0.39 is 0 Å². The van der Waals surface area contributed by atoms with Crippen LogP contribution in [0.5, 0.6) is 0 Å². The predicted molar refractivity (Wildman–Crippen MR) is 39.7 cm³/mol. The molecule has 3 unspecified atom stereocenters. The zero-order valence-electron chi connectivity index (χ0n) is 6.45. The molecule has 0 amide bonds. The van der Waals surface area contributed by atoms with E-state index in [-0.39, 0.29) is 6.10 Å². The molecule has 1 N–H and O–H groups in total. The maximum atomic E-state index is 9.41. The van der Waals surface area contributed by atoms with Crippen molar-refractivity contribution < 1.29 is 5.11 Å². The third kappa shape index (κ3) is 1.18. The fourth-order valence-electron chi connectivity index (χ4n) is 2.08. The Balaban J connectivity index is 1.96. The molecule has 2 heteroatoms. The minimum absolute atomic E-state index is 0.0532. The minimum atomic E-state index is -0.0532. The second-order valence-corrected chi connectivity index (χ2v) is 3.87. The lowest BCUT2D eigenvalue weighted by molar-refractivity contribution is 0.124. The summed E-state index contributed by atoms with van der Waals surface area (Å²) >= 11 is 0. The summed E-state index contributed by atoms with van der Waals surface area (Å²) in [6, 6.07) is 0. The van der Waals surface area contributed by atoms with Crippen molar-refractivity contribution in [1.82, 2.24) is 4.90 Å². The molecule has 1 saturated heterocycles. The van der Waals surface area contributed by atoms with E-state index in [0.717, 1.165) is 24.8 Å². The summed E-state index contributed by atoms with van der Waals surface area (Å²) < 4.78 is 0. The first-order chi connectivity index (χ1) is 4.75. The van der Waals surface area contributed by atoms with Crippen molar-refractivity contribution >= 4 is 0 Å². The van der Waals surface area contributed by atoms with Crippen molar-refractivity contribution in [2.75, 3.05) is 20.1 Å². The maximum Gasteiger partial charge on any atom is 0.0669 e. The van der Waals surface area contributed by atoms with Crippen LogP contribution in [0.3, 0.4) is 0 Å². The van der Waals surface area contributed by atoms with Crippen molar-refractivity contribution in [2.24, 2.45) is 11.8 Å². The van der Waals surface area contributed by atoms with Crippen molar-refractivity contribution in [2.45, 2.75) is 18.9 Å². The highest BCUT2D eigenvalue weighted by atomic mass is 16.3. The zero-order valence-corrected chi connectivity index (χ0v) is 6.45. The number of nitrogens with zero attached hydrogens (tertiary/aromatic N) is 1. The fraction of sp³-hybridized carbons (Fsp3) is 1.00. The number of β-amino-alcohol motifs (C(OH)–C–C–N with tert-alkyl or cyclic N) is 1. The quantitative estimate of drug-likeness (QED) is 0.525. The molecule has 0 spiro atoms. The molecule has 0 aromatic heterocycles. The molecule has 1 saturated carbocycles. The van der Waals surface area contributed by atoms with Gasteiger partial charge in [0, 0.05) is 13.1 Å². The molecule has 2 nitrogen and oxygen atoms in total. The van der Waals surface area contributed by atoms with Gasteiger partial charge < -0.3 is 10.0 Å². The highest BCUT2D eigenvalue weighted by Gasteiger charge is 2.41. The Labute approximate surface area is 61.8 Å². The fourth-order valence-corrected chi connectivity index (χ4v) is 2.08. The number of aliphatic hydroxyl groups is 1. The number of likely N-dealkylation sites (N-methyl/N-ethyl adjacent to an activating group) is 1. The first-order valence-corrected chi connectivity index (χ1v) is 4.12. The van der Waals surface area contributed by atoms with E-state index in [1.54, 1.807) is 0 Å². The molecule has 58 valence electrons. The average molecular weight is 141 g/mol. The molecule has 0 radical (unpaired) electrons. The Morgan fingerprint density at radius 3 is 2.80 bits per heavy atom. The van der Waals surface area contributed by atoms with Crippen LogP contribution in [-0.2, 0) is 0 Å². The van der Waals surface area contributed by atoms with Crippen LogP contribution in [0.15, 0.2) is 0 Å². The number of aliphatic hydroxyl groups excluding tert-OH is 1. The largest absolute Gasteiger partial charge is 0.392 e. The summed E-state index contributed by atoms with van der Waals surface area (Å²) in [5.41, 5.74) is 0. The van der Waals surface area contributed by atoms with Gasteiger partial charge in [-0.3, -0.25) is 0 Å². The topological polar surface area (TPSA) is 23.5 Å². The molecule has 1 heterocycles. The van der Waals surface area contributed by atoms with Gasteiger partial charge in [-0.15, -0.1) is 0 Å². The SMILES string of the molecule is CN1CC(O)CC2CC2C1. The van der Waals surface area contributed by atoms with E-state index in [4.69, 9.17) is 0 Å². The molecule has 3 atom stereocenters. The normalized spacial score (nSPS) is 48.0. The Hall–Kier alpha value is -0.0800. The highest BCUT2D eigenvalue weighted by Crippen LogP contribution is 2.43. The molecule has 2 aliphatic rings. The lowest BCUT2D eigenvalue weighted by Gasteiger charge is -2.16. The Kier molecular flexibility index (Phi) is 1.46. The van der Waals surface area contributed by atoms with Gasteiger partial charge in [-0.25, -0.2) is 0 Å². The van der Waals surface area contributed by atoms with Gasteiger partial charge in [-0.2, -0.15) is 0 Å². The van der Waals surface area contributed by atoms with Gasteiger partial charge in [0.1, 0.15) is 0 Å². The van der Waals surface area contributed by atoms with Crippen molar-refractivity contribution in [3.8, 4) is 0 Å². The monoisotopic (exact) mass is 141 g/mol. The maximum absolute atomic E-state index is 9.41. The molecule has 10 heavy (non-hydrogen) atoms. The summed E-state index contributed by atoms with van der Waals surface area (Å²) in [4.78, 5) is 2.25. The van der Waals surface area contributed by atoms with Crippen LogP contribution >= 0.6 is 0 Å². The predicted octanol–water partition coefficient (Wildman–Crippen LogP) is 0.319. The van der Waals surface area contributed by atoms with Gasteiger partial charge >= 0.3 is 0 Å². The summed E-state index contributed by atoms with van der Waals surface area (Å²) in [7, 11) is 2.10. The standard InChI is InChI=1S/C8H15NO/c1-9-4-7-2-6(7)3-8(10)5-9/h6-8,10H,2-5H2,1H3. The van der Waals surface area contributed by atoms with E-state index in [0.29, 0.717) is 0 Å². The van der Waals surface area contributed by atoms with Crippen LogP contribution in [-0.4, -0.2) is 36.2 Å².